The van der Waals surface area contributed by atoms with Gasteiger partial charge in [0.15, 0.2) is 0 Å². The molecule has 1 aromatic heterocycles. The average Bonchev–Trinajstić information content (AvgIpc) is 2.17. The molecule has 0 saturated heterocycles. The number of pyridine rings is 1. The Morgan fingerprint density at radius 2 is 1.47 bits per heavy atom. The maximum atomic E-state index is 12.8. The van der Waals surface area contributed by atoms with Gasteiger partial charge in [0.05, 0.1) is 0 Å². The highest BCUT2D eigenvalue weighted by atomic mass is 19.1. The van der Waals surface area contributed by atoms with Crippen molar-refractivity contribution in [3.8, 4) is 11.5 Å². The molecular weight excluding hydrogens is 200 g/mol. The Balaban J connectivity index is 2.25. The van der Waals surface area contributed by atoms with Gasteiger partial charge in [-0.05, 0) is 12.1 Å². The molecule has 1 heterocycles. The summed E-state index contributed by atoms with van der Waals surface area (Å²) in [6.45, 7) is 0. The molecule has 0 amide bonds. The van der Waals surface area contributed by atoms with Crippen molar-refractivity contribution in [3.05, 3.63) is 54.4 Å². The molecule has 0 radical (unpaired) electrons. The monoisotopic (exact) mass is 207 g/mol. The van der Waals surface area contributed by atoms with Gasteiger partial charge in [-0.2, -0.15) is 0 Å². The molecule has 0 unspecified atom stereocenters. The molecule has 0 saturated carbocycles. The summed E-state index contributed by atoms with van der Waals surface area (Å²) in [6.07, 6.45) is 3.07. The Bertz CT molecular complexity index is 439. The molecule has 2 nitrogen and oxygen atoms in total. The van der Waals surface area contributed by atoms with Crippen LogP contribution in [0.3, 0.4) is 0 Å². The standard InChI is InChI=1S/C11H7F2NO/c12-8-5-9(13)7-11(6-8)15-10-1-3-14-4-2-10/h1-7H. The lowest BCUT2D eigenvalue weighted by Gasteiger charge is -2.04. The third-order valence-electron chi connectivity index (χ3n) is 1.72. The maximum absolute atomic E-state index is 12.8. The van der Waals surface area contributed by atoms with Crippen LogP contribution in [0.5, 0.6) is 11.5 Å². The Hall–Kier alpha value is -1.97. The summed E-state index contributed by atoms with van der Waals surface area (Å²) in [5, 5.41) is 0. The first-order chi connectivity index (χ1) is 7.24. The fourth-order valence-corrected chi connectivity index (χ4v) is 1.13. The maximum Gasteiger partial charge on any atom is 0.133 e. The number of halogens is 2. The normalized spacial score (nSPS) is 10.0. The van der Waals surface area contributed by atoms with Gasteiger partial charge in [-0.1, -0.05) is 0 Å². The Morgan fingerprint density at radius 3 is 2.07 bits per heavy atom. The Kier molecular flexibility index (Phi) is 2.58. The minimum Gasteiger partial charge on any atom is -0.457 e. The predicted octanol–water partition coefficient (Wildman–Crippen LogP) is 3.15. The minimum atomic E-state index is -0.668. The van der Waals surface area contributed by atoms with Gasteiger partial charge in [-0.3, -0.25) is 4.98 Å². The summed E-state index contributed by atoms with van der Waals surface area (Å²) < 4.78 is 30.8. The van der Waals surface area contributed by atoms with Crippen LogP contribution in [0.2, 0.25) is 0 Å². The molecule has 0 atom stereocenters. The molecule has 0 fully saturated rings. The van der Waals surface area contributed by atoms with Crippen LogP contribution < -0.4 is 4.74 Å². The summed E-state index contributed by atoms with van der Waals surface area (Å²) in [5.74, 6) is -0.730. The number of ether oxygens (including phenoxy) is 1. The highest BCUT2D eigenvalue weighted by Crippen LogP contribution is 2.22. The molecule has 2 aromatic rings. The van der Waals surface area contributed by atoms with Gasteiger partial charge in [-0.15, -0.1) is 0 Å². The highest BCUT2D eigenvalue weighted by Gasteiger charge is 2.02. The van der Waals surface area contributed by atoms with Gasteiger partial charge < -0.3 is 4.74 Å². The van der Waals surface area contributed by atoms with Crippen molar-refractivity contribution in [1.82, 2.24) is 4.98 Å². The van der Waals surface area contributed by atoms with Gasteiger partial charge in [-0.25, -0.2) is 8.78 Å². The second-order valence-corrected chi connectivity index (χ2v) is 2.89. The zero-order valence-corrected chi connectivity index (χ0v) is 7.65. The van der Waals surface area contributed by atoms with E-state index in [9.17, 15) is 8.78 Å². The molecular formula is C11H7F2NO. The highest BCUT2D eigenvalue weighted by molar-refractivity contribution is 5.30. The smallest absolute Gasteiger partial charge is 0.133 e. The van der Waals surface area contributed by atoms with Crippen molar-refractivity contribution >= 4 is 0 Å². The van der Waals surface area contributed by atoms with Gasteiger partial charge in [0.1, 0.15) is 23.1 Å². The molecule has 0 aliphatic carbocycles. The van der Waals surface area contributed by atoms with Crippen LogP contribution >= 0.6 is 0 Å². The van der Waals surface area contributed by atoms with E-state index >= 15 is 0 Å². The molecule has 2 rings (SSSR count). The molecule has 76 valence electrons. The quantitative estimate of drug-likeness (QED) is 0.754. The first kappa shape index (κ1) is 9.58. The predicted molar refractivity (Wildman–Crippen MR) is 50.7 cm³/mol. The van der Waals surface area contributed by atoms with Crippen LogP contribution in [-0.2, 0) is 0 Å². The number of aromatic nitrogens is 1. The molecule has 0 spiro atoms. The fourth-order valence-electron chi connectivity index (χ4n) is 1.13. The third kappa shape index (κ3) is 2.49. The van der Waals surface area contributed by atoms with Crippen LogP contribution in [0.15, 0.2) is 42.7 Å². The second-order valence-electron chi connectivity index (χ2n) is 2.89. The van der Waals surface area contributed by atoms with E-state index in [1.165, 1.54) is 12.4 Å². The topological polar surface area (TPSA) is 22.1 Å². The lowest BCUT2D eigenvalue weighted by Crippen LogP contribution is -1.87. The van der Waals surface area contributed by atoms with E-state index < -0.39 is 11.6 Å². The fraction of sp³-hybridized carbons (Fsp3) is 0. The van der Waals surface area contributed by atoms with Crippen molar-refractivity contribution in [1.29, 1.82) is 0 Å². The third-order valence-corrected chi connectivity index (χ3v) is 1.72. The van der Waals surface area contributed by atoms with E-state index in [2.05, 4.69) is 4.98 Å². The van der Waals surface area contributed by atoms with Gasteiger partial charge >= 0.3 is 0 Å². The molecule has 0 aliphatic heterocycles. The van der Waals surface area contributed by atoms with Gasteiger partial charge in [0.2, 0.25) is 0 Å². The van der Waals surface area contributed by atoms with Gasteiger partial charge in [0.25, 0.3) is 0 Å². The van der Waals surface area contributed by atoms with Crippen molar-refractivity contribution < 1.29 is 13.5 Å². The first-order valence-electron chi connectivity index (χ1n) is 4.28. The van der Waals surface area contributed by atoms with E-state index in [-0.39, 0.29) is 5.75 Å². The second kappa shape index (κ2) is 4.04. The zero-order valence-electron chi connectivity index (χ0n) is 7.65. The Labute approximate surface area is 85.2 Å². The molecule has 15 heavy (non-hydrogen) atoms. The molecule has 0 aliphatic rings. The van der Waals surface area contributed by atoms with Crippen LogP contribution in [0.1, 0.15) is 0 Å². The van der Waals surface area contributed by atoms with Crippen molar-refractivity contribution in [2.45, 2.75) is 0 Å². The summed E-state index contributed by atoms with van der Waals surface area (Å²) >= 11 is 0. The van der Waals surface area contributed by atoms with E-state index in [0.717, 1.165) is 18.2 Å². The largest absolute Gasteiger partial charge is 0.457 e. The van der Waals surface area contributed by atoms with Crippen molar-refractivity contribution in [2.75, 3.05) is 0 Å². The number of hydrogen-bond donors (Lipinski definition) is 0. The van der Waals surface area contributed by atoms with E-state index in [0.29, 0.717) is 5.75 Å². The van der Waals surface area contributed by atoms with Crippen LogP contribution in [0, 0.1) is 11.6 Å². The molecule has 1 aromatic carbocycles. The summed E-state index contributed by atoms with van der Waals surface area (Å²) in [4.78, 5) is 3.79. The molecule has 0 N–H and O–H groups in total. The van der Waals surface area contributed by atoms with E-state index in [1.54, 1.807) is 12.1 Å². The lowest BCUT2D eigenvalue weighted by molar-refractivity contribution is 0.467. The van der Waals surface area contributed by atoms with Crippen molar-refractivity contribution in [3.63, 3.8) is 0 Å². The molecule has 4 heteroatoms. The van der Waals surface area contributed by atoms with Crippen LogP contribution in [0.25, 0.3) is 0 Å². The summed E-state index contributed by atoms with van der Waals surface area (Å²) in [6, 6.07) is 6.22. The van der Waals surface area contributed by atoms with Crippen molar-refractivity contribution in [2.24, 2.45) is 0 Å². The zero-order chi connectivity index (χ0) is 10.7. The molecule has 0 bridgehead atoms. The Morgan fingerprint density at radius 1 is 0.867 bits per heavy atom. The van der Waals surface area contributed by atoms with E-state index in [4.69, 9.17) is 4.74 Å². The van der Waals surface area contributed by atoms with Crippen LogP contribution in [0.4, 0.5) is 8.78 Å². The van der Waals surface area contributed by atoms with Gasteiger partial charge in [0, 0.05) is 30.6 Å². The number of hydrogen-bond acceptors (Lipinski definition) is 2. The summed E-state index contributed by atoms with van der Waals surface area (Å²) in [7, 11) is 0. The average molecular weight is 207 g/mol. The minimum absolute atomic E-state index is 0.124. The number of benzene rings is 1. The van der Waals surface area contributed by atoms with E-state index in [1.807, 2.05) is 0 Å². The van der Waals surface area contributed by atoms with Crippen LogP contribution in [-0.4, -0.2) is 4.98 Å². The summed E-state index contributed by atoms with van der Waals surface area (Å²) in [5.41, 5.74) is 0. The number of rotatable bonds is 2. The lowest BCUT2D eigenvalue weighted by atomic mass is 10.3. The number of nitrogens with zero attached hydrogens (tertiary/aromatic N) is 1. The SMILES string of the molecule is Fc1cc(F)cc(Oc2ccncc2)c1. The first-order valence-corrected chi connectivity index (χ1v) is 4.28.